The van der Waals surface area contributed by atoms with Gasteiger partial charge in [-0.3, -0.25) is 4.79 Å². The van der Waals surface area contributed by atoms with Crippen LogP contribution >= 0.6 is 0 Å². The van der Waals surface area contributed by atoms with E-state index in [-0.39, 0.29) is 17.9 Å². The minimum Gasteiger partial charge on any atom is -0.374 e. The van der Waals surface area contributed by atoms with Gasteiger partial charge in [0.15, 0.2) is 0 Å². The minimum absolute atomic E-state index is 0.0860. The van der Waals surface area contributed by atoms with E-state index in [4.69, 9.17) is 4.74 Å². The predicted molar refractivity (Wildman–Crippen MR) is 127 cm³/mol. The van der Waals surface area contributed by atoms with Crippen LogP contribution in [0.2, 0.25) is 0 Å². The van der Waals surface area contributed by atoms with Crippen molar-refractivity contribution in [3.63, 3.8) is 0 Å². The summed E-state index contributed by atoms with van der Waals surface area (Å²) in [5.41, 5.74) is 3.93. The lowest BCUT2D eigenvalue weighted by molar-refractivity contribution is -0.123. The Morgan fingerprint density at radius 1 is 1.12 bits per heavy atom. The first-order valence-electron chi connectivity index (χ1n) is 12.1. The molecule has 0 spiro atoms. The smallest absolute Gasteiger partial charge is 0.230 e. The largest absolute Gasteiger partial charge is 0.374 e. The number of nitrogens with zero attached hydrogens (tertiary/aromatic N) is 4. The van der Waals surface area contributed by atoms with Crippen LogP contribution in [0, 0.1) is 10.8 Å². The number of piperidine rings is 1. The number of nitrogens with one attached hydrogen (secondary N) is 1. The number of carbonyl (C=O) groups excluding carboxylic acids is 1. The Labute approximate surface area is 193 Å². The molecule has 4 aliphatic heterocycles. The van der Waals surface area contributed by atoms with Gasteiger partial charge >= 0.3 is 0 Å². The Morgan fingerprint density at radius 3 is 2.73 bits per heavy atom. The van der Waals surface area contributed by atoms with Gasteiger partial charge in [-0.25, -0.2) is 4.98 Å². The molecule has 5 aliphatic rings. The molecule has 1 unspecified atom stereocenters. The number of benzene rings is 1. The highest BCUT2D eigenvalue weighted by Crippen LogP contribution is 2.41. The highest BCUT2D eigenvalue weighted by Gasteiger charge is 2.37. The molecule has 2 aromatic rings. The fraction of sp³-hybridized carbons (Fsp3) is 0.520. The summed E-state index contributed by atoms with van der Waals surface area (Å²) in [5, 5.41) is 6.67. The number of morpholine rings is 1. The molecule has 8 heteroatoms. The van der Waals surface area contributed by atoms with Crippen molar-refractivity contribution in [2.45, 2.75) is 63.3 Å². The van der Waals surface area contributed by atoms with E-state index in [0.29, 0.717) is 44.4 Å². The van der Waals surface area contributed by atoms with E-state index < -0.39 is 0 Å². The Balaban J connectivity index is 1.36. The van der Waals surface area contributed by atoms with Crippen molar-refractivity contribution < 1.29 is 9.53 Å². The van der Waals surface area contributed by atoms with Gasteiger partial charge in [0, 0.05) is 29.9 Å². The summed E-state index contributed by atoms with van der Waals surface area (Å²) in [7, 11) is 0. The lowest BCUT2D eigenvalue weighted by atomic mass is 9.85. The van der Waals surface area contributed by atoms with Gasteiger partial charge in [-0.1, -0.05) is 11.2 Å². The molecule has 1 N–H and O–H groups in total. The van der Waals surface area contributed by atoms with Gasteiger partial charge in [-0.2, -0.15) is 4.91 Å². The summed E-state index contributed by atoms with van der Waals surface area (Å²) < 4.78 is 5.90. The Hall–Kier alpha value is -3.00. The third kappa shape index (κ3) is 3.76. The van der Waals surface area contributed by atoms with Gasteiger partial charge in [-0.05, 0) is 62.8 Å². The van der Waals surface area contributed by atoms with Crippen molar-refractivity contribution in [3.8, 4) is 0 Å². The molecule has 0 radical (unpaired) electrons. The van der Waals surface area contributed by atoms with E-state index in [9.17, 15) is 9.70 Å². The second-order valence-corrected chi connectivity index (χ2v) is 9.71. The number of pyridine rings is 1. The molecule has 8 nitrogen and oxygen atoms in total. The van der Waals surface area contributed by atoms with Crippen LogP contribution in [-0.2, 0) is 16.1 Å². The maximum absolute atomic E-state index is 13.8. The number of hydrogen-bond acceptors (Lipinski definition) is 7. The molecule has 33 heavy (non-hydrogen) atoms. The first-order valence-corrected chi connectivity index (χ1v) is 12.1. The number of aromatic nitrogens is 1. The van der Waals surface area contributed by atoms with E-state index in [0.717, 1.165) is 54.4 Å². The third-order valence-electron chi connectivity index (χ3n) is 7.72. The number of nitroso groups, excluding NO2 is 1. The quantitative estimate of drug-likeness (QED) is 0.704. The van der Waals surface area contributed by atoms with Gasteiger partial charge in [0.1, 0.15) is 5.82 Å². The Kier molecular flexibility index (Phi) is 5.25. The number of anilines is 4. The van der Waals surface area contributed by atoms with Crippen molar-refractivity contribution in [1.82, 2.24) is 4.98 Å². The third-order valence-corrected chi connectivity index (χ3v) is 7.72. The van der Waals surface area contributed by atoms with E-state index in [1.165, 1.54) is 0 Å². The van der Waals surface area contributed by atoms with Crippen LogP contribution in [0.15, 0.2) is 41.7 Å². The molecule has 7 rings (SSSR count). The molecule has 1 aromatic heterocycles. The van der Waals surface area contributed by atoms with Gasteiger partial charge in [-0.15, -0.1) is 0 Å². The van der Waals surface area contributed by atoms with Crippen LogP contribution in [0.3, 0.4) is 0 Å². The molecule has 1 aromatic carbocycles. The van der Waals surface area contributed by atoms with Crippen LogP contribution in [-0.4, -0.2) is 42.2 Å². The molecule has 2 bridgehead atoms. The van der Waals surface area contributed by atoms with E-state index >= 15 is 0 Å². The molecule has 1 saturated carbocycles. The van der Waals surface area contributed by atoms with Gasteiger partial charge in [0.05, 0.1) is 42.7 Å². The van der Waals surface area contributed by atoms with Gasteiger partial charge in [0.2, 0.25) is 5.91 Å². The summed E-state index contributed by atoms with van der Waals surface area (Å²) >= 11 is 0. The molecule has 4 fully saturated rings. The number of fused-ring (bicyclic) bond motifs is 5. The SMILES string of the molecule is O=NC1CCC(C(=O)N2Cc3cccnc3Nc3ccc(N4C[C@@H]5CCC4CO5)cc32)CC1. The van der Waals surface area contributed by atoms with Crippen LogP contribution in [0.5, 0.6) is 0 Å². The first kappa shape index (κ1) is 20.6. The topological polar surface area (TPSA) is 87.1 Å². The average Bonchev–Trinajstić information content (AvgIpc) is 3.05. The maximum Gasteiger partial charge on any atom is 0.230 e. The number of amides is 1. The van der Waals surface area contributed by atoms with Gasteiger partial charge < -0.3 is 19.9 Å². The fourth-order valence-corrected chi connectivity index (χ4v) is 5.80. The summed E-state index contributed by atoms with van der Waals surface area (Å²) in [4.78, 5) is 33.7. The second kappa shape index (κ2) is 8.41. The zero-order valence-corrected chi connectivity index (χ0v) is 18.7. The summed E-state index contributed by atoms with van der Waals surface area (Å²) in [6, 6.07) is 10.5. The van der Waals surface area contributed by atoms with Crippen molar-refractivity contribution in [1.29, 1.82) is 0 Å². The number of rotatable bonds is 3. The highest BCUT2D eigenvalue weighted by molar-refractivity contribution is 6.00. The highest BCUT2D eigenvalue weighted by atomic mass is 16.5. The van der Waals surface area contributed by atoms with Crippen LogP contribution < -0.4 is 15.1 Å². The van der Waals surface area contributed by atoms with E-state index in [2.05, 4.69) is 38.6 Å². The molecule has 5 heterocycles. The second-order valence-electron chi connectivity index (χ2n) is 9.71. The van der Waals surface area contributed by atoms with Crippen LogP contribution in [0.25, 0.3) is 0 Å². The normalized spacial score (nSPS) is 28.4. The number of hydrogen-bond donors (Lipinski definition) is 1. The molecular formula is C25H29N5O3. The van der Waals surface area contributed by atoms with Crippen molar-refractivity contribution in [2.24, 2.45) is 11.1 Å². The molecule has 3 saturated heterocycles. The van der Waals surface area contributed by atoms with Crippen LogP contribution in [0.4, 0.5) is 22.9 Å². The molecule has 1 amide bonds. The molecule has 2 atom stereocenters. The monoisotopic (exact) mass is 447 g/mol. The lowest BCUT2D eigenvalue weighted by Crippen LogP contribution is -2.54. The fourth-order valence-electron chi connectivity index (χ4n) is 5.80. The summed E-state index contributed by atoms with van der Waals surface area (Å²) in [6.07, 6.45) is 7.13. The van der Waals surface area contributed by atoms with Crippen molar-refractivity contribution >= 4 is 28.8 Å². The van der Waals surface area contributed by atoms with E-state index in [1.807, 2.05) is 17.0 Å². The average molecular weight is 448 g/mol. The molecule has 1 aliphatic carbocycles. The molecule has 172 valence electrons. The Bertz CT molecular complexity index is 1060. The molecular weight excluding hydrogens is 418 g/mol. The van der Waals surface area contributed by atoms with Crippen molar-refractivity contribution in [3.05, 3.63) is 47.0 Å². The van der Waals surface area contributed by atoms with Gasteiger partial charge in [0.25, 0.3) is 0 Å². The van der Waals surface area contributed by atoms with E-state index in [1.54, 1.807) is 6.20 Å². The maximum atomic E-state index is 13.8. The standard InChI is InChI=1S/C25H29N5O3/c31-25(16-3-5-18(28-32)6-4-16)30-13-17-2-1-11-26-24(17)27-22-10-8-19(12-23(22)30)29-14-21-9-7-20(29)15-33-21/h1-2,8,10-12,16,18,20-21H,3-7,9,13-15H2,(H,26,27)/t16?,18?,20?,21-/m0/s1. The Morgan fingerprint density at radius 2 is 2.00 bits per heavy atom. The zero-order chi connectivity index (χ0) is 22.4. The van der Waals surface area contributed by atoms with Crippen LogP contribution in [0.1, 0.15) is 44.1 Å². The summed E-state index contributed by atoms with van der Waals surface area (Å²) in [6.45, 7) is 2.15. The minimum atomic E-state index is -0.152. The van der Waals surface area contributed by atoms with Crippen molar-refractivity contribution in [2.75, 3.05) is 28.3 Å². The predicted octanol–water partition coefficient (Wildman–Crippen LogP) is 4.36. The zero-order valence-electron chi connectivity index (χ0n) is 18.7. The first-order chi connectivity index (χ1) is 16.2. The summed E-state index contributed by atoms with van der Waals surface area (Å²) in [5.74, 6) is 0.831. The lowest BCUT2D eigenvalue weighted by Gasteiger charge is -2.46. The number of carbonyl (C=O) groups is 1. The number of ether oxygens (including phenoxy) is 1.